The Balaban J connectivity index is 2.00. The molecule has 0 unspecified atom stereocenters. The lowest BCUT2D eigenvalue weighted by Gasteiger charge is -2.11. The minimum Gasteiger partial charge on any atom is -0.503 e. The van der Waals surface area contributed by atoms with Gasteiger partial charge in [0.2, 0.25) is 0 Å². The van der Waals surface area contributed by atoms with E-state index in [4.69, 9.17) is 32.7 Å². The molecule has 0 radical (unpaired) electrons. The molecule has 2 rings (SSSR count). The molecule has 27 heavy (non-hydrogen) atoms. The Morgan fingerprint density at radius 2 is 1.96 bits per heavy atom. The van der Waals surface area contributed by atoms with Gasteiger partial charge in [-0.3, -0.25) is 4.79 Å². The van der Waals surface area contributed by atoms with Gasteiger partial charge in [0.1, 0.15) is 5.75 Å². The number of halogens is 4. The number of rotatable bonds is 7. The van der Waals surface area contributed by atoms with Crippen LogP contribution in [-0.2, 0) is 4.79 Å². The van der Waals surface area contributed by atoms with Crippen LogP contribution < -0.4 is 14.9 Å². The number of hydrogen-bond acceptors (Lipinski definition) is 5. The van der Waals surface area contributed by atoms with E-state index in [2.05, 4.69) is 42.4 Å². The summed E-state index contributed by atoms with van der Waals surface area (Å²) in [6.45, 7) is 1.90. The van der Waals surface area contributed by atoms with E-state index in [0.29, 0.717) is 42.7 Å². The first kappa shape index (κ1) is 21.8. The molecule has 0 spiro atoms. The van der Waals surface area contributed by atoms with Gasteiger partial charge in [-0.05, 0) is 57.0 Å². The minimum atomic E-state index is -0.485. The second-order valence-electron chi connectivity index (χ2n) is 5.03. The molecule has 0 saturated heterocycles. The predicted octanol–water partition coefficient (Wildman–Crippen LogP) is 5.15. The molecule has 1 amide bonds. The van der Waals surface area contributed by atoms with E-state index in [9.17, 15) is 9.90 Å². The summed E-state index contributed by atoms with van der Waals surface area (Å²) < 4.78 is 11.7. The molecule has 0 aliphatic carbocycles. The van der Waals surface area contributed by atoms with Crippen LogP contribution in [0, 0.1) is 0 Å². The summed E-state index contributed by atoms with van der Waals surface area (Å²) in [6, 6.07) is 6.29. The molecule has 0 fully saturated rings. The maximum absolute atomic E-state index is 11.9. The Morgan fingerprint density at radius 1 is 1.22 bits per heavy atom. The average Bonchev–Trinajstić information content (AvgIpc) is 2.64. The Morgan fingerprint density at radius 3 is 2.67 bits per heavy atom. The monoisotopic (exact) mass is 538 g/mol. The zero-order valence-electron chi connectivity index (χ0n) is 13.9. The molecule has 2 aromatic carbocycles. The summed E-state index contributed by atoms with van der Waals surface area (Å²) in [5.74, 6) is 0.0761. The van der Waals surface area contributed by atoms with Crippen molar-refractivity contribution in [1.29, 1.82) is 0 Å². The highest BCUT2D eigenvalue weighted by atomic mass is 79.9. The van der Waals surface area contributed by atoms with E-state index in [1.54, 1.807) is 25.1 Å². The number of phenols is 1. The van der Waals surface area contributed by atoms with Gasteiger partial charge in [-0.25, -0.2) is 5.43 Å². The largest absolute Gasteiger partial charge is 0.503 e. The summed E-state index contributed by atoms with van der Waals surface area (Å²) in [5.41, 5.74) is 2.92. The number of benzene rings is 2. The molecule has 0 saturated carbocycles. The fraction of sp³-hybridized carbons (Fsp3) is 0.176. The molecule has 2 aromatic rings. The highest BCUT2D eigenvalue weighted by Crippen LogP contribution is 2.41. The Kier molecular flexibility index (Phi) is 8.22. The molecule has 0 heterocycles. The first-order valence-electron chi connectivity index (χ1n) is 7.57. The van der Waals surface area contributed by atoms with Gasteiger partial charge in [-0.15, -0.1) is 0 Å². The molecule has 0 aliphatic rings. The number of carbonyl (C=O) groups is 1. The van der Waals surface area contributed by atoms with Crippen molar-refractivity contribution in [2.24, 2.45) is 5.10 Å². The summed E-state index contributed by atoms with van der Waals surface area (Å²) in [6.07, 6.45) is 1.40. The van der Waals surface area contributed by atoms with Crippen molar-refractivity contribution in [2.75, 3.05) is 13.2 Å². The minimum absolute atomic E-state index is 0.0308. The van der Waals surface area contributed by atoms with Crippen LogP contribution in [0.25, 0.3) is 0 Å². The van der Waals surface area contributed by atoms with Gasteiger partial charge < -0.3 is 14.6 Å². The molecule has 10 heteroatoms. The molecule has 0 aliphatic heterocycles. The second kappa shape index (κ2) is 10.2. The zero-order chi connectivity index (χ0) is 20.0. The third kappa shape index (κ3) is 6.00. The fourth-order valence-corrected chi connectivity index (χ4v) is 3.07. The lowest BCUT2D eigenvalue weighted by Crippen LogP contribution is -2.24. The molecular weight excluding hydrogens is 527 g/mol. The maximum Gasteiger partial charge on any atom is 0.277 e. The van der Waals surface area contributed by atoms with Crippen molar-refractivity contribution in [3.05, 3.63) is 48.8 Å². The third-order valence-electron chi connectivity index (χ3n) is 3.12. The molecule has 0 bridgehead atoms. The Labute approximate surface area is 182 Å². The number of carbonyl (C=O) groups excluding carboxylic acids is 1. The molecule has 144 valence electrons. The lowest BCUT2D eigenvalue weighted by atomic mass is 10.2. The quantitative estimate of drug-likeness (QED) is 0.376. The number of ether oxygens (including phenoxy) is 2. The first-order chi connectivity index (χ1) is 12.8. The third-order valence-corrected chi connectivity index (χ3v) is 5.82. The van der Waals surface area contributed by atoms with Gasteiger partial charge in [-0.2, -0.15) is 5.10 Å². The van der Waals surface area contributed by atoms with Crippen LogP contribution in [0.3, 0.4) is 0 Å². The SMILES string of the molecule is CCOc1cc(C=NNC(=O)COc2cc(Cl)ccc2Cl)c(Br)c(Br)c1O. The summed E-state index contributed by atoms with van der Waals surface area (Å²) >= 11 is 18.4. The highest BCUT2D eigenvalue weighted by Gasteiger charge is 2.14. The van der Waals surface area contributed by atoms with Crippen LogP contribution in [0.1, 0.15) is 12.5 Å². The predicted molar refractivity (Wildman–Crippen MR) is 112 cm³/mol. The number of phenolic OH excluding ortho intramolecular Hbond substituents is 1. The lowest BCUT2D eigenvalue weighted by molar-refractivity contribution is -0.123. The van der Waals surface area contributed by atoms with Gasteiger partial charge in [-0.1, -0.05) is 23.2 Å². The van der Waals surface area contributed by atoms with Crippen molar-refractivity contribution >= 4 is 67.2 Å². The smallest absolute Gasteiger partial charge is 0.277 e. The van der Waals surface area contributed by atoms with Gasteiger partial charge >= 0.3 is 0 Å². The zero-order valence-corrected chi connectivity index (χ0v) is 18.6. The van der Waals surface area contributed by atoms with E-state index in [1.165, 1.54) is 12.3 Å². The van der Waals surface area contributed by atoms with Crippen molar-refractivity contribution in [1.82, 2.24) is 5.43 Å². The number of hydrazone groups is 1. The molecule has 0 aromatic heterocycles. The topological polar surface area (TPSA) is 80.2 Å². The van der Waals surface area contributed by atoms with E-state index in [1.807, 2.05) is 0 Å². The first-order valence-corrected chi connectivity index (χ1v) is 9.91. The van der Waals surface area contributed by atoms with E-state index < -0.39 is 5.91 Å². The summed E-state index contributed by atoms with van der Waals surface area (Å²) in [7, 11) is 0. The van der Waals surface area contributed by atoms with Gasteiger partial charge in [0.15, 0.2) is 18.1 Å². The standard InChI is InChI=1S/C17H14Br2Cl2N2O4/c1-2-26-13-5-9(15(18)16(19)17(13)25)7-22-23-14(24)8-27-12-6-10(20)3-4-11(12)21/h3-7,25H,2,8H2,1H3,(H,23,24). The van der Waals surface area contributed by atoms with E-state index in [-0.39, 0.29) is 12.4 Å². The van der Waals surface area contributed by atoms with Crippen LogP contribution in [0.15, 0.2) is 38.3 Å². The van der Waals surface area contributed by atoms with Crippen LogP contribution in [0.2, 0.25) is 10.0 Å². The van der Waals surface area contributed by atoms with E-state index >= 15 is 0 Å². The number of aromatic hydroxyl groups is 1. The Hall–Kier alpha value is -1.48. The second-order valence-corrected chi connectivity index (χ2v) is 7.46. The van der Waals surface area contributed by atoms with Gasteiger partial charge in [0.05, 0.1) is 22.3 Å². The number of hydrogen-bond donors (Lipinski definition) is 2. The van der Waals surface area contributed by atoms with Crippen LogP contribution in [0.4, 0.5) is 0 Å². The summed E-state index contributed by atoms with van der Waals surface area (Å²) in [4.78, 5) is 11.9. The van der Waals surface area contributed by atoms with Crippen molar-refractivity contribution in [2.45, 2.75) is 6.92 Å². The van der Waals surface area contributed by atoms with Crippen LogP contribution in [-0.4, -0.2) is 30.4 Å². The highest BCUT2D eigenvalue weighted by molar-refractivity contribution is 9.13. The van der Waals surface area contributed by atoms with Gasteiger partial charge in [0.25, 0.3) is 5.91 Å². The molecule has 0 atom stereocenters. The average molecular weight is 541 g/mol. The molecule has 2 N–H and O–H groups in total. The van der Waals surface area contributed by atoms with E-state index in [0.717, 1.165) is 0 Å². The fourth-order valence-electron chi connectivity index (χ4n) is 1.91. The maximum atomic E-state index is 11.9. The number of amides is 1. The van der Waals surface area contributed by atoms with Crippen molar-refractivity contribution < 1.29 is 19.4 Å². The number of nitrogens with zero attached hydrogens (tertiary/aromatic N) is 1. The van der Waals surface area contributed by atoms with Crippen LogP contribution in [0.5, 0.6) is 17.2 Å². The molecule has 6 nitrogen and oxygen atoms in total. The molecular formula is C17H14Br2Cl2N2O4. The summed E-state index contributed by atoms with van der Waals surface area (Å²) in [5, 5.41) is 14.7. The van der Waals surface area contributed by atoms with Crippen molar-refractivity contribution in [3.63, 3.8) is 0 Å². The normalized spacial score (nSPS) is 10.9. The van der Waals surface area contributed by atoms with Gasteiger partial charge in [0, 0.05) is 21.1 Å². The number of nitrogens with one attached hydrogen (secondary N) is 1. The van der Waals surface area contributed by atoms with Crippen LogP contribution >= 0.6 is 55.1 Å². The Bertz CT molecular complexity index is 878. The van der Waals surface area contributed by atoms with Crippen molar-refractivity contribution in [3.8, 4) is 17.2 Å².